The van der Waals surface area contributed by atoms with Crippen LogP contribution in [0, 0.1) is 5.92 Å². The molecule has 2 heterocycles. The molecule has 2 aromatic rings. The van der Waals surface area contributed by atoms with Crippen molar-refractivity contribution in [2.24, 2.45) is 5.92 Å². The smallest absolute Gasteiger partial charge is 0.0745 e. The normalized spacial score (nSPS) is 23.2. The van der Waals surface area contributed by atoms with Crippen LogP contribution in [0.2, 0.25) is 0 Å². The van der Waals surface area contributed by atoms with Gasteiger partial charge >= 0.3 is 0 Å². The number of halogens is 1. The first-order valence-corrected chi connectivity index (χ1v) is 7.96. The Balaban J connectivity index is 2.14. The predicted molar refractivity (Wildman–Crippen MR) is 89.1 cm³/mol. The Hall–Kier alpha value is -1.29. The SMILES string of the molecule is CC1CCN(c2c(N)cnc3ccc(Br)cc23)C(C)C1. The highest BCUT2D eigenvalue weighted by Gasteiger charge is 2.25. The van der Waals surface area contributed by atoms with Gasteiger partial charge in [-0.1, -0.05) is 22.9 Å². The minimum absolute atomic E-state index is 0.519. The molecule has 0 bridgehead atoms. The third-order valence-electron chi connectivity index (χ3n) is 4.26. The van der Waals surface area contributed by atoms with Gasteiger partial charge in [-0.2, -0.15) is 0 Å². The van der Waals surface area contributed by atoms with E-state index in [-0.39, 0.29) is 0 Å². The lowest BCUT2D eigenvalue weighted by molar-refractivity contribution is 0.378. The monoisotopic (exact) mass is 333 g/mol. The zero-order valence-electron chi connectivity index (χ0n) is 11.9. The lowest BCUT2D eigenvalue weighted by Crippen LogP contribution is -2.40. The number of piperidine rings is 1. The van der Waals surface area contributed by atoms with E-state index in [9.17, 15) is 0 Å². The van der Waals surface area contributed by atoms with E-state index >= 15 is 0 Å². The van der Waals surface area contributed by atoms with Crippen LogP contribution in [0.3, 0.4) is 0 Å². The number of benzene rings is 1. The molecule has 4 heteroatoms. The van der Waals surface area contributed by atoms with Gasteiger partial charge in [0.15, 0.2) is 0 Å². The van der Waals surface area contributed by atoms with Crippen molar-refractivity contribution < 1.29 is 0 Å². The van der Waals surface area contributed by atoms with E-state index in [0.717, 1.165) is 39.2 Å². The first kappa shape index (κ1) is 13.7. The molecule has 1 aromatic heterocycles. The van der Waals surface area contributed by atoms with Gasteiger partial charge in [0, 0.05) is 22.4 Å². The number of nitrogens with zero attached hydrogens (tertiary/aromatic N) is 2. The molecule has 1 saturated heterocycles. The Kier molecular flexibility index (Phi) is 3.59. The van der Waals surface area contributed by atoms with Gasteiger partial charge in [0.05, 0.1) is 23.1 Å². The summed E-state index contributed by atoms with van der Waals surface area (Å²) in [5, 5.41) is 1.14. The predicted octanol–water partition coefficient (Wildman–Crippen LogP) is 4.20. The van der Waals surface area contributed by atoms with E-state index in [1.54, 1.807) is 6.20 Å². The first-order chi connectivity index (χ1) is 9.56. The third-order valence-corrected chi connectivity index (χ3v) is 4.75. The number of anilines is 2. The van der Waals surface area contributed by atoms with E-state index in [4.69, 9.17) is 5.73 Å². The van der Waals surface area contributed by atoms with Crippen LogP contribution in [-0.2, 0) is 0 Å². The summed E-state index contributed by atoms with van der Waals surface area (Å²) in [5.41, 5.74) is 9.17. The molecular formula is C16H20BrN3. The number of nitrogens with two attached hydrogens (primary N) is 1. The van der Waals surface area contributed by atoms with Crippen molar-refractivity contribution in [3.8, 4) is 0 Å². The summed E-state index contributed by atoms with van der Waals surface area (Å²) in [6.45, 7) is 5.69. The van der Waals surface area contributed by atoms with Crippen LogP contribution >= 0.6 is 15.9 Å². The summed E-state index contributed by atoms with van der Waals surface area (Å²) in [6.07, 6.45) is 4.23. The number of pyridine rings is 1. The molecule has 0 saturated carbocycles. The largest absolute Gasteiger partial charge is 0.396 e. The zero-order chi connectivity index (χ0) is 14.3. The van der Waals surface area contributed by atoms with E-state index < -0.39 is 0 Å². The average molecular weight is 334 g/mol. The third kappa shape index (κ3) is 2.37. The molecule has 1 aromatic carbocycles. The summed E-state index contributed by atoms with van der Waals surface area (Å²) in [7, 11) is 0. The fourth-order valence-electron chi connectivity index (χ4n) is 3.23. The molecule has 2 atom stereocenters. The average Bonchev–Trinajstić information content (AvgIpc) is 2.40. The molecular weight excluding hydrogens is 314 g/mol. The standard InChI is InChI=1S/C16H20BrN3/c1-10-5-6-20(11(2)7-10)16-13-8-12(17)3-4-15(13)19-9-14(16)18/h3-4,8-11H,5-7,18H2,1-2H3. The molecule has 0 aliphatic carbocycles. The van der Waals surface area contributed by atoms with Crippen LogP contribution in [0.4, 0.5) is 11.4 Å². The van der Waals surface area contributed by atoms with Gasteiger partial charge in [-0.15, -0.1) is 0 Å². The van der Waals surface area contributed by atoms with Crippen molar-refractivity contribution >= 4 is 38.2 Å². The van der Waals surface area contributed by atoms with Crippen molar-refractivity contribution in [2.75, 3.05) is 17.2 Å². The molecule has 1 aliphatic rings. The van der Waals surface area contributed by atoms with E-state index in [1.165, 1.54) is 12.8 Å². The minimum atomic E-state index is 0.519. The van der Waals surface area contributed by atoms with Crippen molar-refractivity contribution in [1.82, 2.24) is 4.98 Å². The molecule has 0 radical (unpaired) electrons. The number of rotatable bonds is 1. The van der Waals surface area contributed by atoms with Crippen LogP contribution < -0.4 is 10.6 Å². The van der Waals surface area contributed by atoms with Gasteiger partial charge in [-0.25, -0.2) is 0 Å². The lowest BCUT2D eigenvalue weighted by atomic mass is 9.92. The number of hydrogen-bond acceptors (Lipinski definition) is 3. The quantitative estimate of drug-likeness (QED) is 0.850. The topological polar surface area (TPSA) is 42.1 Å². The number of hydrogen-bond donors (Lipinski definition) is 1. The highest BCUT2D eigenvalue weighted by molar-refractivity contribution is 9.10. The van der Waals surface area contributed by atoms with Crippen LogP contribution in [-0.4, -0.2) is 17.6 Å². The zero-order valence-corrected chi connectivity index (χ0v) is 13.5. The summed E-state index contributed by atoms with van der Waals surface area (Å²) in [4.78, 5) is 6.90. The van der Waals surface area contributed by atoms with E-state index in [1.807, 2.05) is 12.1 Å². The van der Waals surface area contributed by atoms with Gasteiger partial charge in [0.25, 0.3) is 0 Å². The number of aromatic nitrogens is 1. The second-order valence-corrected chi connectivity index (χ2v) is 6.81. The maximum Gasteiger partial charge on any atom is 0.0745 e. The van der Waals surface area contributed by atoms with Crippen LogP contribution in [0.1, 0.15) is 26.7 Å². The van der Waals surface area contributed by atoms with E-state index in [2.05, 4.69) is 45.7 Å². The van der Waals surface area contributed by atoms with Crippen molar-refractivity contribution in [3.63, 3.8) is 0 Å². The van der Waals surface area contributed by atoms with Crippen LogP contribution in [0.5, 0.6) is 0 Å². The molecule has 0 amide bonds. The molecule has 2 unspecified atom stereocenters. The molecule has 0 spiro atoms. The fourth-order valence-corrected chi connectivity index (χ4v) is 3.59. The Morgan fingerprint density at radius 3 is 2.90 bits per heavy atom. The molecule has 106 valence electrons. The van der Waals surface area contributed by atoms with Crippen LogP contribution in [0.25, 0.3) is 10.9 Å². The Labute approximate surface area is 128 Å². The number of nitrogen functional groups attached to an aromatic ring is 1. The highest BCUT2D eigenvalue weighted by Crippen LogP contribution is 2.37. The Morgan fingerprint density at radius 1 is 1.35 bits per heavy atom. The van der Waals surface area contributed by atoms with Crippen LogP contribution in [0.15, 0.2) is 28.9 Å². The summed E-state index contributed by atoms with van der Waals surface area (Å²) in [6, 6.07) is 6.71. The Morgan fingerprint density at radius 2 is 2.15 bits per heavy atom. The lowest BCUT2D eigenvalue weighted by Gasteiger charge is -2.39. The minimum Gasteiger partial charge on any atom is -0.396 e. The fraction of sp³-hybridized carbons (Fsp3) is 0.438. The molecule has 3 rings (SSSR count). The van der Waals surface area contributed by atoms with Crippen molar-refractivity contribution in [3.05, 3.63) is 28.9 Å². The van der Waals surface area contributed by atoms with E-state index in [0.29, 0.717) is 6.04 Å². The second kappa shape index (κ2) is 5.24. The second-order valence-electron chi connectivity index (χ2n) is 5.90. The molecule has 1 aliphatic heterocycles. The van der Waals surface area contributed by atoms with Gasteiger partial charge in [0.2, 0.25) is 0 Å². The summed E-state index contributed by atoms with van der Waals surface area (Å²) in [5.74, 6) is 0.794. The highest BCUT2D eigenvalue weighted by atomic mass is 79.9. The van der Waals surface area contributed by atoms with Gasteiger partial charge in [0.1, 0.15) is 0 Å². The van der Waals surface area contributed by atoms with Gasteiger partial charge in [-0.05, 0) is 43.9 Å². The summed E-state index contributed by atoms with van der Waals surface area (Å²) >= 11 is 3.55. The maximum atomic E-state index is 6.24. The molecule has 1 fully saturated rings. The van der Waals surface area contributed by atoms with Gasteiger partial charge in [-0.3, -0.25) is 4.98 Å². The van der Waals surface area contributed by atoms with Crippen molar-refractivity contribution in [2.45, 2.75) is 32.7 Å². The maximum absolute atomic E-state index is 6.24. The first-order valence-electron chi connectivity index (χ1n) is 7.16. The van der Waals surface area contributed by atoms with Gasteiger partial charge < -0.3 is 10.6 Å². The number of fused-ring (bicyclic) bond motifs is 1. The Bertz CT molecular complexity index is 636. The molecule has 20 heavy (non-hydrogen) atoms. The molecule has 3 nitrogen and oxygen atoms in total. The molecule has 2 N–H and O–H groups in total. The summed E-state index contributed by atoms with van der Waals surface area (Å²) < 4.78 is 1.07. The van der Waals surface area contributed by atoms with Crippen molar-refractivity contribution in [1.29, 1.82) is 0 Å².